The molecule has 2 atom stereocenters. The SMILES string of the molecule is CCCC(NC(=O)NCC(C)CC)C(=O)O. The minimum absolute atomic E-state index is 0.402. The van der Waals surface area contributed by atoms with E-state index >= 15 is 0 Å². The van der Waals surface area contributed by atoms with Gasteiger partial charge >= 0.3 is 12.0 Å². The monoisotopic (exact) mass is 230 g/mol. The van der Waals surface area contributed by atoms with Crippen LogP contribution in [0.1, 0.15) is 40.0 Å². The summed E-state index contributed by atoms with van der Waals surface area (Å²) in [5, 5.41) is 13.9. The number of hydrogen-bond donors (Lipinski definition) is 3. The highest BCUT2D eigenvalue weighted by molar-refractivity contribution is 5.82. The van der Waals surface area contributed by atoms with Gasteiger partial charge in [0.15, 0.2) is 0 Å². The number of nitrogens with one attached hydrogen (secondary N) is 2. The standard InChI is InChI=1S/C11H22N2O3/c1-4-6-9(10(14)15)13-11(16)12-7-8(3)5-2/h8-9H,4-7H2,1-3H3,(H,14,15)(H2,12,13,16). The van der Waals surface area contributed by atoms with Gasteiger partial charge in [0.1, 0.15) is 6.04 Å². The fourth-order valence-electron chi connectivity index (χ4n) is 1.17. The van der Waals surface area contributed by atoms with Crippen molar-refractivity contribution in [2.45, 2.75) is 46.1 Å². The molecule has 5 heteroatoms. The third-order valence-corrected chi connectivity index (χ3v) is 2.49. The number of rotatable bonds is 7. The Bertz CT molecular complexity index is 231. The number of hydrogen-bond acceptors (Lipinski definition) is 2. The molecule has 0 aliphatic carbocycles. The normalized spacial score (nSPS) is 13.9. The molecule has 0 heterocycles. The zero-order valence-corrected chi connectivity index (χ0v) is 10.2. The van der Waals surface area contributed by atoms with Crippen LogP contribution in [0.5, 0.6) is 0 Å². The first kappa shape index (κ1) is 14.7. The van der Waals surface area contributed by atoms with Crippen molar-refractivity contribution in [3.05, 3.63) is 0 Å². The third-order valence-electron chi connectivity index (χ3n) is 2.49. The molecule has 0 rings (SSSR count). The van der Waals surface area contributed by atoms with Gasteiger partial charge in [-0.25, -0.2) is 9.59 Å². The van der Waals surface area contributed by atoms with Crippen molar-refractivity contribution in [3.63, 3.8) is 0 Å². The summed E-state index contributed by atoms with van der Waals surface area (Å²) in [6.07, 6.45) is 2.16. The fourth-order valence-corrected chi connectivity index (χ4v) is 1.17. The summed E-state index contributed by atoms with van der Waals surface area (Å²) in [5.41, 5.74) is 0. The highest BCUT2D eigenvalue weighted by Gasteiger charge is 2.18. The second-order valence-corrected chi connectivity index (χ2v) is 4.05. The van der Waals surface area contributed by atoms with Crippen molar-refractivity contribution in [1.29, 1.82) is 0 Å². The zero-order chi connectivity index (χ0) is 12.6. The molecule has 0 bridgehead atoms. The molecule has 94 valence electrons. The molecule has 3 N–H and O–H groups in total. The first-order valence-corrected chi connectivity index (χ1v) is 5.78. The molecule has 0 aromatic heterocycles. The molecule has 0 radical (unpaired) electrons. The maximum Gasteiger partial charge on any atom is 0.326 e. The van der Waals surface area contributed by atoms with Gasteiger partial charge in [0.05, 0.1) is 0 Å². The van der Waals surface area contributed by atoms with E-state index in [2.05, 4.69) is 10.6 Å². The molecule has 0 aromatic rings. The Morgan fingerprint density at radius 1 is 1.31 bits per heavy atom. The molecule has 16 heavy (non-hydrogen) atoms. The molecule has 0 aliphatic rings. The first-order valence-electron chi connectivity index (χ1n) is 5.78. The first-order chi connectivity index (χ1) is 7.51. The summed E-state index contributed by atoms with van der Waals surface area (Å²) in [5.74, 6) is -0.583. The molecule has 0 aromatic carbocycles. The fraction of sp³-hybridized carbons (Fsp3) is 0.818. The predicted molar refractivity (Wildman–Crippen MR) is 62.3 cm³/mol. The van der Waals surface area contributed by atoms with Crippen molar-refractivity contribution < 1.29 is 14.7 Å². The second-order valence-electron chi connectivity index (χ2n) is 4.05. The average Bonchev–Trinajstić information content (AvgIpc) is 2.25. The highest BCUT2D eigenvalue weighted by atomic mass is 16.4. The summed E-state index contributed by atoms with van der Waals surface area (Å²) in [6, 6.07) is -1.19. The average molecular weight is 230 g/mol. The van der Waals surface area contributed by atoms with Crippen LogP contribution in [0.2, 0.25) is 0 Å². The summed E-state index contributed by atoms with van der Waals surface area (Å²) in [7, 11) is 0. The van der Waals surface area contributed by atoms with E-state index in [4.69, 9.17) is 5.11 Å². The number of carbonyl (C=O) groups excluding carboxylic acids is 1. The molecular weight excluding hydrogens is 208 g/mol. The zero-order valence-electron chi connectivity index (χ0n) is 10.2. The molecule has 0 saturated carbocycles. The van der Waals surface area contributed by atoms with Crippen LogP contribution in [0.15, 0.2) is 0 Å². The van der Waals surface area contributed by atoms with E-state index < -0.39 is 18.0 Å². The van der Waals surface area contributed by atoms with Crippen LogP contribution in [0.25, 0.3) is 0 Å². The van der Waals surface area contributed by atoms with Crippen LogP contribution in [0.3, 0.4) is 0 Å². The lowest BCUT2D eigenvalue weighted by atomic mass is 10.1. The number of amides is 2. The molecule has 2 amide bonds. The van der Waals surface area contributed by atoms with Crippen molar-refractivity contribution in [2.75, 3.05) is 6.54 Å². The van der Waals surface area contributed by atoms with Gasteiger partial charge < -0.3 is 15.7 Å². The topological polar surface area (TPSA) is 78.4 Å². The Morgan fingerprint density at radius 3 is 2.38 bits per heavy atom. The van der Waals surface area contributed by atoms with Gasteiger partial charge in [0.2, 0.25) is 0 Å². The second kappa shape index (κ2) is 7.96. The Morgan fingerprint density at radius 2 is 1.94 bits per heavy atom. The maximum absolute atomic E-state index is 11.4. The highest BCUT2D eigenvalue weighted by Crippen LogP contribution is 1.98. The van der Waals surface area contributed by atoms with E-state index in [0.29, 0.717) is 18.9 Å². The van der Waals surface area contributed by atoms with Gasteiger partial charge in [-0.15, -0.1) is 0 Å². The summed E-state index contributed by atoms with van der Waals surface area (Å²) < 4.78 is 0. The Hall–Kier alpha value is -1.26. The Kier molecular flexibility index (Phi) is 7.33. The van der Waals surface area contributed by atoms with E-state index in [0.717, 1.165) is 12.8 Å². The van der Waals surface area contributed by atoms with Crippen molar-refractivity contribution in [2.24, 2.45) is 5.92 Å². The number of urea groups is 1. The molecule has 5 nitrogen and oxygen atoms in total. The van der Waals surface area contributed by atoms with Crippen LogP contribution in [0.4, 0.5) is 4.79 Å². The van der Waals surface area contributed by atoms with Crippen molar-refractivity contribution >= 4 is 12.0 Å². The molecule has 0 aliphatic heterocycles. The largest absolute Gasteiger partial charge is 0.480 e. The van der Waals surface area contributed by atoms with Crippen LogP contribution >= 0.6 is 0 Å². The molecule has 0 fully saturated rings. The minimum atomic E-state index is -0.986. The predicted octanol–water partition coefficient (Wildman–Crippen LogP) is 1.59. The van der Waals surface area contributed by atoms with Gasteiger partial charge in [-0.2, -0.15) is 0 Å². The lowest BCUT2D eigenvalue weighted by Crippen LogP contribution is -2.46. The summed E-state index contributed by atoms with van der Waals surface area (Å²) >= 11 is 0. The summed E-state index contributed by atoms with van der Waals surface area (Å²) in [6.45, 7) is 6.53. The minimum Gasteiger partial charge on any atom is -0.480 e. The molecule has 0 spiro atoms. The number of carbonyl (C=O) groups is 2. The molecular formula is C11H22N2O3. The summed E-state index contributed by atoms with van der Waals surface area (Å²) in [4.78, 5) is 22.1. The van der Waals surface area contributed by atoms with Gasteiger partial charge in [0, 0.05) is 6.54 Å². The van der Waals surface area contributed by atoms with Gasteiger partial charge in [-0.3, -0.25) is 0 Å². The Labute approximate surface area is 96.6 Å². The maximum atomic E-state index is 11.4. The van der Waals surface area contributed by atoms with Crippen LogP contribution in [-0.4, -0.2) is 29.7 Å². The Balaban J connectivity index is 3.95. The smallest absolute Gasteiger partial charge is 0.326 e. The lowest BCUT2D eigenvalue weighted by Gasteiger charge is -2.15. The number of carboxylic acid groups (broad SMARTS) is 1. The quantitative estimate of drug-likeness (QED) is 0.621. The van der Waals surface area contributed by atoms with E-state index in [9.17, 15) is 9.59 Å². The van der Waals surface area contributed by atoms with E-state index in [1.54, 1.807) is 0 Å². The number of carboxylic acids is 1. The van der Waals surface area contributed by atoms with Crippen LogP contribution < -0.4 is 10.6 Å². The van der Waals surface area contributed by atoms with Crippen LogP contribution in [-0.2, 0) is 4.79 Å². The third kappa shape index (κ3) is 6.27. The molecule has 0 saturated heterocycles. The van der Waals surface area contributed by atoms with E-state index in [1.807, 2.05) is 20.8 Å². The van der Waals surface area contributed by atoms with Crippen molar-refractivity contribution in [3.8, 4) is 0 Å². The lowest BCUT2D eigenvalue weighted by molar-refractivity contribution is -0.139. The van der Waals surface area contributed by atoms with Crippen molar-refractivity contribution in [1.82, 2.24) is 10.6 Å². The van der Waals surface area contributed by atoms with Gasteiger partial charge in [0.25, 0.3) is 0 Å². The van der Waals surface area contributed by atoms with E-state index in [-0.39, 0.29) is 0 Å². The van der Waals surface area contributed by atoms with E-state index in [1.165, 1.54) is 0 Å². The van der Waals surface area contributed by atoms with Gasteiger partial charge in [-0.1, -0.05) is 33.6 Å². The van der Waals surface area contributed by atoms with Crippen LogP contribution in [0, 0.1) is 5.92 Å². The molecule has 2 unspecified atom stereocenters. The number of aliphatic carboxylic acids is 1. The van der Waals surface area contributed by atoms with Gasteiger partial charge in [-0.05, 0) is 12.3 Å².